The Balaban J connectivity index is 2.58. The highest BCUT2D eigenvalue weighted by Gasteiger charge is 2.40. The van der Waals surface area contributed by atoms with Crippen molar-refractivity contribution in [2.75, 3.05) is 13.1 Å². The lowest BCUT2D eigenvalue weighted by Crippen LogP contribution is -2.54. The summed E-state index contributed by atoms with van der Waals surface area (Å²) in [7, 11) is 0. The standard InChI is InChI=1S/C11H23NO/c1-4-5-6-11(13)9(2)7-12-8-10(11)3/h9-10,12-13H,4-8H2,1-3H3/t9-,10+,11?. The van der Waals surface area contributed by atoms with Crippen LogP contribution in [-0.2, 0) is 0 Å². The quantitative estimate of drug-likeness (QED) is 0.702. The van der Waals surface area contributed by atoms with Crippen molar-refractivity contribution in [1.29, 1.82) is 0 Å². The summed E-state index contributed by atoms with van der Waals surface area (Å²) in [6.45, 7) is 8.41. The van der Waals surface area contributed by atoms with Crippen molar-refractivity contribution in [2.45, 2.75) is 45.6 Å². The number of hydrogen-bond donors (Lipinski definition) is 2. The first kappa shape index (κ1) is 11.0. The first-order chi connectivity index (χ1) is 6.11. The fraction of sp³-hybridized carbons (Fsp3) is 1.00. The molecule has 2 nitrogen and oxygen atoms in total. The van der Waals surface area contributed by atoms with Crippen molar-refractivity contribution < 1.29 is 5.11 Å². The predicted molar refractivity (Wildman–Crippen MR) is 55.7 cm³/mol. The summed E-state index contributed by atoms with van der Waals surface area (Å²) in [4.78, 5) is 0. The van der Waals surface area contributed by atoms with Gasteiger partial charge in [0.15, 0.2) is 0 Å². The van der Waals surface area contributed by atoms with Gasteiger partial charge in [0.05, 0.1) is 5.60 Å². The lowest BCUT2D eigenvalue weighted by Gasteiger charge is -2.44. The number of piperidine rings is 1. The summed E-state index contributed by atoms with van der Waals surface area (Å²) < 4.78 is 0. The summed E-state index contributed by atoms with van der Waals surface area (Å²) >= 11 is 0. The van der Waals surface area contributed by atoms with E-state index in [4.69, 9.17) is 0 Å². The van der Waals surface area contributed by atoms with Gasteiger partial charge in [0.1, 0.15) is 0 Å². The van der Waals surface area contributed by atoms with Crippen LogP contribution >= 0.6 is 0 Å². The molecule has 0 aliphatic carbocycles. The summed E-state index contributed by atoms with van der Waals surface area (Å²) in [5.74, 6) is 0.783. The molecule has 0 radical (unpaired) electrons. The van der Waals surface area contributed by atoms with Gasteiger partial charge in [-0.3, -0.25) is 0 Å². The van der Waals surface area contributed by atoms with E-state index in [-0.39, 0.29) is 0 Å². The van der Waals surface area contributed by atoms with Gasteiger partial charge in [-0.15, -0.1) is 0 Å². The van der Waals surface area contributed by atoms with E-state index >= 15 is 0 Å². The van der Waals surface area contributed by atoms with E-state index in [9.17, 15) is 5.11 Å². The second-order valence-corrected chi connectivity index (χ2v) is 4.56. The summed E-state index contributed by atoms with van der Waals surface area (Å²) in [5.41, 5.74) is -0.415. The second kappa shape index (κ2) is 4.43. The Kier molecular flexibility index (Phi) is 3.74. The Morgan fingerprint density at radius 1 is 1.31 bits per heavy atom. The molecule has 2 heteroatoms. The molecule has 2 N–H and O–H groups in total. The summed E-state index contributed by atoms with van der Waals surface area (Å²) in [5, 5.41) is 13.9. The van der Waals surface area contributed by atoms with E-state index in [1.54, 1.807) is 0 Å². The van der Waals surface area contributed by atoms with Gasteiger partial charge < -0.3 is 10.4 Å². The Hall–Kier alpha value is -0.0800. The highest BCUT2D eigenvalue weighted by molar-refractivity contribution is 4.94. The zero-order chi connectivity index (χ0) is 9.90. The van der Waals surface area contributed by atoms with Crippen LogP contribution in [-0.4, -0.2) is 23.8 Å². The lowest BCUT2D eigenvalue weighted by atomic mass is 9.73. The molecule has 0 aromatic heterocycles. The van der Waals surface area contributed by atoms with Gasteiger partial charge in [-0.25, -0.2) is 0 Å². The van der Waals surface area contributed by atoms with Gasteiger partial charge in [-0.1, -0.05) is 33.6 Å². The van der Waals surface area contributed by atoms with Crippen LogP contribution in [0.15, 0.2) is 0 Å². The Morgan fingerprint density at radius 2 is 1.85 bits per heavy atom. The van der Waals surface area contributed by atoms with Gasteiger partial charge in [0.25, 0.3) is 0 Å². The average Bonchev–Trinajstić information content (AvgIpc) is 2.11. The van der Waals surface area contributed by atoms with Crippen LogP contribution in [0.2, 0.25) is 0 Å². The molecule has 3 atom stereocenters. The molecule has 1 fully saturated rings. The molecular weight excluding hydrogens is 162 g/mol. The van der Waals surface area contributed by atoms with E-state index in [1.165, 1.54) is 6.42 Å². The molecule has 1 rings (SSSR count). The van der Waals surface area contributed by atoms with Crippen LogP contribution in [0.4, 0.5) is 0 Å². The molecule has 0 spiro atoms. The number of nitrogens with one attached hydrogen (secondary N) is 1. The first-order valence-electron chi connectivity index (χ1n) is 5.54. The van der Waals surface area contributed by atoms with E-state index in [1.807, 2.05) is 0 Å². The van der Waals surface area contributed by atoms with E-state index < -0.39 is 5.60 Å². The molecule has 1 aliphatic rings. The van der Waals surface area contributed by atoms with Crippen molar-refractivity contribution in [3.63, 3.8) is 0 Å². The van der Waals surface area contributed by atoms with Crippen LogP contribution in [0.3, 0.4) is 0 Å². The van der Waals surface area contributed by atoms with Gasteiger partial charge in [0, 0.05) is 13.1 Å². The Bertz CT molecular complexity index is 148. The van der Waals surface area contributed by atoms with Gasteiger partial charge in [-0.05, 0) is 18.3 Å². The molecule has 1 saturated heterocycles. The molecule has 1 aliphatic heterocycles. The van der Waals surface area contributed by atoms with Crippen molar-refractivity contribution in [2.24, 2.45) is 11.8 Å². The number of rotatable bonds is 3. The third-order valence-corrected chi connectivity index (χ3v) is 3.54. The van der Waals surface area contributed by atoms with Crippen molar-refractivity contribution in [3.05, 3.63) is 0 Å². The molecule has 0 amide bonds. The molecular formula is C11H23NO. The second-order valence-electron chi connectivity index (χ2n) is 4.56. The lowest BCUT2D eigenvalue weighted by molar-refractivity contribution is -0.0813. The van der Waals surface area contributed by atoms with Crippen molar-refractivity contribution in [1.82, 2.24) is 5.32 Å². The minimum absolute atomic E-state index is 0.391. The predicted octanol–water partition coefficient (Wildman–Crippen LogP) is 1.78. The zero-order valence-electron chi connectivity index (χ0n) is 9.14. The van der Waals surface area contributed by atoms with Gasteiger partial charge >= 0.3 is 0 Å². The maximum atomic E-state index is 10.5. The Morgan fingerprint density at radius 3 is 2.31 bits per heavy atom. The van der Waals surface area contributed by atoms with E-state index in [0.717, 1.165) is 25.9 Å². The molecule has 13 heavy (non-hydrogen) atoms. The van der Waals surface area contributed by atoms with Crippen LogP contribution in [0.5, 0.6) is 0 Å². The molecule has 0 bridgehead atoms. The normalized spacial score (nSPS) is 40.6. The number of hydrogen-bond acceptors (Lipinski definition) is 2. The summed E-state index contributed by atoms with van der Waals surface area (Å²) in [6, 6.07) is 0. The largest absolute Gasteiger partial charge is 0.389 e. The van der Waals surface area contributed by atoms with Gasteiger partial charge in [0.2, 0.25) is 0 Å². The minimum atomic E-state index is -0.415. The van der Waals surface area contributed by atoms with Crippen molar-refractivity contribution in [3.8, 4) is 0 Å². The first-order valence-corrected chi connectivity index (χ1v) is 5.54. The van der Waals surface area contributed by atoms with Crippen LogP contribution < -0.4 is 5.32 Å². The van der Waals surface area contributed by atoms with Crippen molar-refractivity contribution >= 4 is 0 Å². The average molecular weight is 185 g/mol. The number of unbranched alkanes of at least 4 members (excludes halogenated alkanes) is 1. The fourth-order valence-electron chi connectivity index (χ4n) is 2.31. The van der Waals surface area contributed by atoms with Crippen LogP contribution in [0.25, 0.3) is 0 Å². The number of aliphatic hydroxyl groups is 1. The Labute approximate surface area is 81.7 Å². The third-order valence-electron chi connectivity index (χ3n) is 3.54. The van der Waals surface area contributed by atoms with Crippen LogP contribution in [0, 0.1) is 11.8 Å². The minimum Gasteiger partial charge on any atom is -0.389 e. The monoisotopic (exact) mass is 185 g/mol. The molecule has 1 heterocycles. The highest BCUT2D eigenvalue weighted by Crippen LogP contribution is 2.33. The van der Waals surface area contributed by atoms with E-state index in [2.05, 4.69) is 26.1 Å². The summed E-state index contributed by atoms with van der Waals surface area (Å²) in [6.07, 6.45) is 3.29. The maximum absolute atomic E-state index is 10.5. The smallest absolute Gasteiger partial charge is 0.0722 e. The molecule has 0 aromatic carbocycles. The maximum Gasteiger partial charge on any atom is 0.0722 e. The van der Waals surface area contributed by atoms with Crippen LogP contribution in [0.1, 0.15) is 40.0 Å². The fourth-order valence-corrected chi connectivity index (χ4v) is 2.31. The molecule has 0 aromatic rings. The topological polar surface area (TPSA) is 32.3 Å². The molecule has 1 unspecified atom stereocenters. The van der Waals surface area contributed by atoms with Gasteiger partial charge in [-0.2, -0.15) is 0 Å². The molecule has 0 saturated carbocycles. The van der Waals surface area contributed by atoms with E-state index in [0.29, 0.717) is 11.8 Å². The third kappa shape index (κ3) is 2.23. The SMILES string of the molecule is CCCCC1(O)[C@H](C)CNC[C@@H]1C. The zero-order valence-corrected chi connectivity index (χ0v) is 9.14. The highest BCUT2D eigenvalue weighted by atomic mass is 16.3. The molecule has 78 valence electrons.